The highest BCUT2D eigenvalue weighted by molar-refractivity contribution is 7.46. The zero-order valence-electron chi connectivity index (χ0n) is 16.1. The van der Waals surface area contributed by atoms with Gasteiger partial charge in [-0.3, -0.25) is 4.52 Å². The van der Waals surface area contributed by atoms with E-state index in [1.807, 2.05) is 0 Å². The smallest absolute Gasteiger partial charge is 0.462 e. The molecule has 148 valence electrons. The molecule has 0 spiro atoms. The topological polar surface area (TPSA) is 93.1 Å². The molecule has 0 rings (SSSR count). The summed E-state index contributed by atoms with van der Waals surface area (Å²) >= 11 is 0. The van der Waals surface area contributed by atoms with E-state index in [9.17, 15) is 19.1 Å². The number of phosphoric ester groups is 1. The molecule has 0 aromatic carbocycles. The van der Waals surface area contributed by atoms with E-state index in [2.05, 4.69) is 27.4 Å². The molecule has 25 heavy (non-hydrogen) atoms. The van der Waals surface area contributed by atoms with Gasteiger partial charge in [-0.15, -0.1) is 0 Å². The van der Waals surface area contributed by atoms with Crippen LogP contribution in [-0.2, 0) is 18.6 Å². The minimum Gasteiger partial charge on any atom is -0.462 e. The van der Waals surface area contributed by atoms with E-state index in [0.29, 0.717) is 12.1 Å². The fraction of sp³-hybridized carbons (Fsp3) is 0.824. The van der Waals surface area contributed by atoms with E-state index in [0.717, 1.165) is 43.4 Å². The first kappa shape index (κ1) is 24.3. The molecule has 1 unspecified atom stereocenters. The van der Waals surface area contributed by atoms with Crippen LogP contribution in [0.3, 0.4) is 0 Å². The maximum atomic E-state index is 11.5. The van der Waals surface area contributed by atoms with Crippen molar-refractivity contribution in [2.24, 2.45) is 0 Å². The van der Waals surface area contributed by atoms with Gasteiger partial charge >= 0.3 is 13.8 Å². The highest BCUT2D eigenvalue weighted by atomic mass is 31.2. The number of carbonyl (C=O) groups excluding carboxylic acids is 1. The molecule has 0 aromatic rings. The van der Waals surface area contributed by atoms with Crippen LogP contribution in [-0.4, -0.2) is 59.1 Å². The Morgan fingerprint density at radius 2 is 1.60 bits per heavy atom. The van der Waals surface area contributed by atoms with Crippen LogP contribution < -0.4 is 0 Å². The Balaban J connectivity index is 5.11. The molecule has 0 aliphatic rings. The Bertz CT molecular complexity index is 445. The lowest BCUT2D eigenvalue weighted by Gasteiger charge is -2.40. The van der Waals surface area contributed by atoms with Crippen LogP contribution in [0.2, 0.25) is 0 Å². The first-order valence-electron chi connectivity index (χ1n) is 9.00. The second-order valence-corrected chi connectivity index (χ2v) is 7.81. The lowest BCUT2D eigenvalue weighted by atomic mass is 10.1. The molecule has 0 aliphatic carbocycles. The van der Waals surface area contributed by atoms with E-state index in [4.69, 9.17) is 9.26 Å². The monoisotopic (exact) mass is 380 g/mol. The Kier molecular flexibility index (Phi) is 11.5. The van der Waals surface area contributed by atoms with Crippen molar-refractivity contribution in [3.8, 4) is 0 Å². The second kappa shape index (κ2) is 11.8. The van der Waals surface area contributed by atoms with Gasteiger partial charge in [0.2, 0.25) is 0 Å². The van der Waals surface area contributed by atoms with Gasteiger partial charge < -0.3 is 19.0 Å². The minimum atomic E-state index is -4.62. The van der Waals surface area contributed by atoms with Gasteiger partial charge in [-0.1, -0.05) is 27.4 Å². The summed E-state index contributed by atoms with van der Waals surface area (Å²) in [6, 6.07) is 0. The van der Waals surface area contributed by atoms with Gasteiger partial charge in [0.05, 0.1) is 26.2 Å². The van der Waals surface area contributed by atoms with Crippen LogP contribution >= 0.6 is 7.82 Å². The van der Waals surface area contributed by atoms with Gasteiger partial charge in [-0.05, 0) is 26.2 Å². The molecule has 2 N–H and O–H groups in total. The van der Waals surface area contributed by atoms with Crippen LogP contribution in [0.4, 0.5) is 0 Å². The summed E-state index contributed by atoms with van der Waals surface area (Å²) in [5, 5.41) is 0. The molecular weight excluding hydrogens is 345 g/mol. The summed E-state index contributed by atoms with van der Waals surface area (Å²) in [6.45, 7) is 14.7. The largest absolute Gasteiger partial charge is 0.470 e. The molecule has 0 bridgehead atoms. The summed E-state index contributed by atoms with van der Waals surface area (Å²) in [4.78, 5) is 29.9. The van der Waals surface area contributed by atoms with Crippen molar-refractivity contribution in [3.05, 3.63) is 12.2 Å². The Morgan fingerprint density at radius 3 is 1.96 bits per heavy atom. The molecule has 8 heteroatoms. The number of hydrogen-bond donors (Lipinski definition) is 2. The number of ether oxygens (including phenoxy) is 1. The van der Waals surface area contributed by atoms with Crippen molar-refractivity contribution in [2.45, 2.75) is 59.5 Å². The first-order valence-corrected chi connectivity index (χ1v) is 10.5. The number of phosphoric acid groups is 1. The summed E-state index contributed by atoms with van der Waals surface area (Å²) in [7, 11) is -4.62. The highest BCUT2D eigenvalue weighted by Gasteiger charge is 2.33. The molecule has 7 nitrogen and oxygen atoms in total. The van der Waals surface area contributed by atoms with E-state index < -0.39 is 19.9 Å². The van der Waals surface area contributed by atoms with Gasteiger partial charge in [-0.2, -0.15) is 0 Å². The molecule has 0 amide bonds. The van der Waals surface area contributed by atoms with Gasteiger partial charge in [0, 0.05) is 12.0 Å². The fourth-order valence-corrected chi connectivity index (χ4v) is 3.80. The SMILES string of the molecule is C=C(C)C(=O)OCCC(C[N+](CCC)(CCC)CCC)OP(=O)(O)O. The van der Waals surface area contributed by atoms with Crippen LogP contribution in [0.25, 0.3) is 0 Å². The van der Waals surface area contributed by atoms with E-state index in [1.165, 1.54) is 0 Å². The second-order valence-electron chi connectivity index (χ2n) is 6.62. The zero-order valence-corrected chi connectivity index (χ0v) is 17.0. The lowest BCUT2D eigenvalue weighted by Crippen LogP contribution is -2.54. The average molecular weight is 380 g/mol. The predicted octanol–water partition coefficient (Wildman–Crippen LogP) is 3.02. The Labute approximate surface area is 151 Å². The lowest BCUT2D eigenvalue weighted by molar-refractivity contribution is -0.930. The third kappa shape index (κ3) is 10.8. The predicted molar refractivity (Wildman–Crippen MR) is 97.9 cm³/mol. The molecule has 0 radical (unpaired) electrons. The van der Waals surface area contributed by atoms with Crippen LogP contribution in [0.1, 0.15) is 53.4 Å². The number of rotatable bonds is 14. The molecule has 0 aromatic heterocycles. The maximum Gasteiger partial charge on any atom is 0.470 e. The molecule has 0 saturated carbocycles. The van der Waals surface area contributed by atoms with Gasteiger partial charge in [-0.25, -0.2) is 9.36 Å². The molecule has 0 fully saturated rings. The third-order valence-corrected chi connectivity index (χ3v) is 4.57. The fourth-order valence-electron chi connectivity index (χ4n) is 3.24. The number of hydrogen-bond acceptors (Lipinski definition) is 4. The Hall–Kier alpha value is -0.720. The number of quaternary nitrogens is 1. The van der Waals surface area contributed by atoms with Crippen molar-refractivity contribution in [3.63, 3.8) is 0 Å². The van der Waals surface area contributed by atoms with Crippen LogP contribution in [0.5, 0.6) is 0 Å². The molecule has 0 heterocycles. The van der Waals surface area contributed by atoms with Crippen LogP contribution in [0.15, 0.2) is 12.2 Å². The normalized spacial score (nSPS) is 13.5. The Morgan fingerprint density at radius 1 is 1.12 bits per heavy atom. The number of esters is 1. The molecule has 0 saturated heterocycles. The standard InChI is InChI=1S/C17H34NO6P/c1-6-10-18(11-7-2,12-8-3)14-16(24-25(20,21)22)9-13-23-17(19)15(4)5/h16H,4,6-14H2,1-3,5H3,(H-,20,21,22)/p+1. The van der Waals surface area contributed by atoms with Gasteiger partial charge in [0.1, 0.15) is 12.6 Å². The molecule has 1 atom stereocenters. The summed E-state index contributed by atoms with van der Waals surface area (Å²) in [6.07, 6.45) is 2.50. The summed E-state index contributed by atoms with van der Waals surface area (Å²) < 4.78 is 22.2. The van der Waals surface area contributed by atoms with Crippen molar-refractivity contribution < 1.29 is 32.9 Å². The summed E-state index contributed by atoms with van der Waals surface area (Å²) in [5.41, 5.74) is 0.292. The van der Waals surface area contributed by atoms with Crippen molar-refractivity contribution in [1.29, 1.82) is 0 Å². The van der Waals surface area contributed by atoms with Crippen molar-refractivity contribution in [2.75, 3.05) is 32.8 Å². The quantitative estimate of drug-likeness (QED) is 0.208. The summed E-state index contributed by atoms with van der Waals surface area (Å²) in [5.74, 6) is -0.508. The van der Waals surface area contributed by atoms with E-state index in [1.54, 1.807) is 6.92 Å². The minimum absolute atomic E-state index is 0.0424. The third-order valence-electron chi connectivity index (χ3n) is 3.99. The van der Waals surface area contributed by atoms with Crippen LogP contribution in [0, 0.1) is 0 Å². The molecule has 0 aliphatic heterocycles. The number of nitrogens with zero attached hydrogens (tertiary/aromatic N) is 1. The maximum absolute atomic E-state index is 11.5. The van der Waals surface area contributed by atoms with Crippen molar-refractivity contribution in [1.82, 2.24) is 0 Å². The van der Waals surface area contributed by atoms with Gasteiger partial charge in [0.25, 0.3) is 0 Å². The van der Waals surface area contributed by atoms with E-state index >= 15 is 0 Å². The van der Waals surface area contributed by atoms with Crippen molar-refractivity contribution >= 4 is 13.8 Å². The van der Waals surface area contributed by atoms with E-state index in [-0.39, 0.29) is 13.0 Å². The molecular formula is C17H35NO6P+. The van der Waals surface area contributed by atoms with Gasteiger partial charge in [0.15, 0.2) is 0 Å². The number of carbonyl (C=O) groups is 1. The average Bonchev–Trinajstić information content (AvgIpc) is 2.45. The first-order chi connectivity index (χ1) is 11.6. The highest BCUT2D eigenvalue weighted by Crippen LogP contribution is 2.39. The zero-order chi connectivity index (χ0) is 19.5.